The predicted molar refractivity (Wildman–Crippen MR) is 104 cm³/mol. The van der Waals surface area contributed by atoms with Crippen LogP contribution in [0.25, 0.3) is 0 Å². The fourth-order valence-corrected chi connectivity index (χ4v) is 2.99. The standard InChI is InChI=1S/C10H15N5.C9H7FN2O/c11-5-8-9(12)13-6-14-10(8)15-7-3-1-2-4-7;10-8-3-1-7(2-4-8)5-9-11-6-13-12-9/h5-7,11H,1-4H2,(H3,12,13,14,15);1-4,6H,5H2. The molecule has 0 spiro atoms. The molecule has 9 heteroatoms. The monoisotopic (exact) mass is 383 g/mol. The summed E-state index contributed by atoms with van der Waals surface area (Å²) >= 11 is 0. The Labute approximate surface area is 161 Å². The SMILES string of the molecule is Fc1ccc(Cc2ncon2)cc1.N=Cc1c(N)ncnc1NC1CCCC1. The van der Waals surface area contributed by atoms with Gasteiger partial charge in [-0.1, -0.05) is 30.1 Å². The highest BCUT2D eigenvalue weighted by Gasteiger charge is 2.17. The summed E-state index contributed by atoms with van der Waals surface area (Å²) in [6.45, 7) is 0. The summed E-state index contributed by atoms with van der Waals surface area (Å²) in [5.74, 6) is 1.41. The van der Waals surface area contributed by atoms with Gasteiger partial charge in [-0.05, 0) is 30.5 Å². The number of nitrogens with one attached hydrogen (secondary N) is 2. The van der Waals surface area contributed by atoms with E-state index in [1.54, 1.807) is 12.1 Å². The van der Waals surface area contributed by atoms with Gasteiger partial charge in [-0.15, -0.1) is 0 Å². The van der Waals surface area contributed by atoms with Gasteiger partial charge < -0.3 is 21.0 Å². The van der Waals surface area contributed by atoms with Crippen LogP contribution in [0.3, 0.4) is 0 Å². The number of nitrogen functional groups attached to an aromatic ring is 1. The number of hydrogen-bond donors (Lipinski definition) is 3. The largest absolute Gasteiger partial charge is 0.383 e. The number of nitrogens with two attached hydrogens (primary N) is 1. The Kier molecular flexibility index (Phi) is 6.61. The van der Waals surface area contributed by atoms with Crippen LogP contribution in [0.4, 0.5) is 16.0 Å². The van der Waals surface area contributed by atoms with Crippen LogP contribution in [0.2, 0.25) is 0 Å². The molecule has 4 N–H and O–H groups in total. The van der Waals surface area contributed by atoms with E-state index in [0.717, 1.165) is 5.56 Å². The Morgan fingerprint density at radius 2 is 1.93 bits per heavy atom. The van der Waals surface area contributed by atoms with E-state index >= 15 is 0 Å². The van der Waals surface area contributed by atoms with Crippen molar-refractivity contribution in [1.82, 2.24) is 20.1 Å². The van der Waals surface area contributed by atoms with Gasteiger partial charge in [0.1, 0.15) is 23.8 Å². The number of benzene rings is 1. The van der Waals surface area contributed by atoms with Crippen molar-refractivity contribution in [2.45, 2.75) is 38.1 Å². The summed E-state index contributed by atoms with van der Waals surface area (Å²) < 4.78 is 17.1. The van der Waals surface area contributed by atoms with Gasteiger partial charge in [-0.25, -0.2) is 14.4 Å². The molecule has 2 aromatic heterocycles. The van der Waals surface area contributed by atoms with E-state index in [0.29, 0.717) is 35.5 Å². The number of halogens is 1. The summed E-state index contributed by atoms with van der Waals surface area (Å²) in [5.41, 5.74) is 7.21. The molecule has 0 bridgehead atoms. The molecule has 1 saturated carbocycles. The van der Waals surface area contributed by atoms with E-state index in [2.05, 4.69) is 29.9 Å². The zero-order valence-electron chi connectivity index (χ0n) is 15.3. The van der Waals surface area contributed by atoms with Crippen LogP contribution in [-0.2, 0) is 6.42 Å². The molecule has 146 valence electrons. The van der Waals surface area contributed by atoms with Crippen molar-refractivity contribution < 1.29 is 8.91 Å². The van der Waals surface area contributed by atoms with Crippen LogP contribution in [-0.4, -0.2) is 32.4 Å². The molecule has 0 saturated heterocycles. The number of nitrogens with zero attached hydrogens (tertiary/aromatic N) is 4. The van der Waals surface area contributed by atoms with E-state index in [9.17, 15) is 4.39 Å². The molecule has 28 heavy (non-hydrogen) atoms. The van der Waals surface area contributed by atoms with Crippen molar-refractivity contribution >= 4 is 17.9 Å². The van der Waals surface area contributed by atoms with E-state index in [1.165, 1.54) is 56.8 Å². The molecule has 2 heterocycles. The van der Waals surface area contributed by atoms with Crippen molar-refractivity contribution in [2.24, 2.45) is 0 Å². The van der Waals surface area contributed by atoms with Crippen molar-refractivity contribution in [3.8, 4) is 0 Å². The average Bonchev–Trinajstić information content (AvgIpc) is 3.39. The second-order valence-corrected chi connectivity index (χ2v) is 6.44. The van der Waals surface area contributed by atoms with Crippen molar-refractivity contribution in [3.05, 3.63) is 59.8 Å². The van der Waals surface area contributed by atoms with E-state index in [1.807, 2.05) is 0 Å². The Hall–Kier alpha value is -3.36. The fraction of sp³-hybridized carbons (Fsp3) is 0.316. The summed E-state index contributed by atoms with van der Waals surface area (Å²) in [7, 11) is 0. The van der Waals surface area contributed by atoms with Gasteiger partial charge in [0, 0.05) is 18.7 Å². The fourth-order valence-electron chi connectivity index (χ4n) is 2.99. The zero-order chi connectivity index (χ0) is 19.8. The minimum atomic E-state index is -0.239. The summed E-state index contributed by atoms with van der Waals surface area (Å²) in [6.07, 6.45) is 9.33. The van der Waals surface area contributed by atoms with Gasteiger partial charge in [0.05, 0.1) is 5.56 Å². The number of aromatic nitrogens is 4. The third-order valence-corrected chi connectivity index (χ3v) is 4.44. The van der Waals surface area contributed by atoms with Gasteiger partial charge in [0.2, 0.25) is 6.39 Å². The van der Waals surface area contributed by atoms with E-state index < -0.39 is 0 Å². The lowest BCUT2D eigenvalue weighted by Crippen LogP contribution is -2.17. The normalized spacial score (nSPS) is 13.6. The number of hydrogen-bond acceptors (Lipinski definition) is 8. The molecule has 4 rings (SSSR count). The molecule has 1 aromatic carbocycles. The molecular formula is C19H22FN7O. The number of rotatable bonds is 5. The molecule has 0 aliphatic heterocycles. The highest BCUT2D eigenvalue weighted by molar-refractivity contribution is 5.89. The van der Waals surface area contributed by atoms with Crippen molar-refractivity contribution in [1.29, 1.82) is 5.41 Å². The number of anilines is 2. The van der Waals surface area contributed by atoms with Crippen molar-refractivity contribution in [3.63, 3.8) is 0 Å². The second kappa shape index (κ2) is 9.54. The second-order valence-electron chi connectivity index (χ2n) is 6.44. The average molecular weight is 383 g/mol. The molecular weight excluding hydrogens is 361 g/mol. The predicted octanol–water partition coefficient (Wildman–Crippen LogP) is 3.21. The first kappa shape index (κ1) is 19.4. The van der Waals surface area contributed by atoms with Gasteiger partial charge in [0.15, 0.2) is 5.82 Å². The van der Waals surface area contributed by atoms with Crippen LogP contribution in [0, 0.1) is 11.2 Å². The third-order valence-electron chi connectivity index (χ3n) is 4.44. The highest BCUT2D eigenvalue weighted by atomic mass is 19.1. The Bertz CT molecular complexity index is 878. The quantitative estimate of drug-likeness (QED) is 0.577. The Morgan fingerprint density at radius 1 is 1.18 bits per heavy atom. The minimum Gasteiger partial charge on any atom is -0.383 e. The van der Waals surface area contributed by atoms with Crippen LogP contribution >= 0.6 is 0 Å². The summed E-state index contributed by atoms with van der Waals surface area (Å²) in [5, 5.41) is 14.2. The maximum atomic E-state index is 12.5. The van der Waals surface area contributed by atoms with E-state index in [-0.39, 0.29) is 5.82 Å². The Morgan fingerprint density at radius 3 is 2.57 bits per heavy atom. The van der Waals surface area contributed by atoms with Gasteiger partial charge >= 0.3 is 0 Å². The lowest BCUT2D eigenvalue weighted by Gasteiger charge is -2.14. The van der Waals surface area contributed by atoms with Gasteiger partial charge in [-0.2, -0.15) is 4.98 Å². The van der Waals surface area contributed by atoms with Gasteiger partial charge in [0.25, 0.3) is 0 Å². The first-order valence-electron chi connectivity index (χ1n) is 9.03. The lowest BCUT2D eigenvalue weighted by molar-refractivity contribution is 0.411. The summed E-state index contributed by atoms with van der Waals surface area (Å²) in [4.78, 5) is 11.8. The molecule has 1 aliphatic carbocycles. The van der Waals surface area contributed by atoms with Crippen LogP contribution in [0.1, 0.15) is 42.6 Å². The molecule has 1 aliphatic rings. The van der Waals surface area contributed by atoms with Crippen LogP contribution in [0.5, 0.6) is 0 Å². The molecule has 0 radical (unpaired) electrons. The van der Waals surface area contributed by atoms with Crippen LogP contribution in [0.15, 0.2) is 41.5 Å². The lowest BCUT2D eigenvalue weighted by atomic mass is 10.1. The first-order valence-corrected chi connectivity index (χ1v) is 9.03. The Balaban J connectivity index is 0.000000162. The van der Waals surface area contributed by atoms with Crippen molar-refractivity contribution in [2.75, 3.05) is 11.1 Å². The molecule has 0 atom stereocenters. The van der Waals surface area contributed by atoms with Gasteiger partial charge in [-0.3, -0.25) is 0 Å². The molecule has 0 amide bonds. The first-order chi connectivity index (χ1) is 13.7. The maximum Gasteiger partial charge on any atom is 0.213 e. The molecule has 8 nitrogen and oxygen atoms in total. The summed E-state index contributed by atoms with van der Waals surface area (Å²) in [6, 6.07) is 6.69. The molecule has 0 unspecified atom stereocenters. The molecule has 3 aromatic rings. The zero-order valence-corrected chi connectivity index (χ0v) is 15.3. The highest BCUT2D eigenvalue weighted by Crippen LogP contribution is 2.23. The third kappa shape index (κ3) is 5.32. The maximum absolute atomic E-state index is 12.5. The minimum absolute atomic E-state index is 0.239. The molecule has 1 fully saturated rings. The topological polar surface area (TPSA) is 127 Å². The van der Waals surface area contributed by atoms with Crippen LogP contribution < -0.4 is 11.1 Å². The van der Waals surface area contributed by atoms with E-state index in [4.69, 9.17) is 11.1 Å². The smallest absolute Gasteiger partial charge is 0.213 e.